The lowest BCUT2D eigenvalue weighted by Gasteiger charge is -2.08. The second-order valence-corrected chi connectivity index (χ2v) is 4.15. The van der Waals surface area contributed by atoms with E-state index in [1.807, 2.05) is 0 Å². The second kappa shape index (κ2) is 6.09. The third-order valence-electron chi connectivity index (χ3n) is 2.90. The van der Waals surface area contributed by atoms with Crippen molar-refractivity contribution in [2.75, 3.05) is 7.11 Å². The molecule has 5 nitrogen and oxygen atoms in total. The van der Waals surface area contributed by atoms with Crippen LogP contribution in [0.5, 0.6) is 5.75 Å². The molecule has 0 amide bonds. The molecule has 21 heavy (non-hydrogen) atoms. The summed E-state index contributed by atoms with van der Waals surface area (Å²) in [6, 6.07) is 4.03. The normalized spacial score (nSPS) is 9.86. The molecule has 0 atom stereocenters. The molecule has 1 aromatic heterocycles. The van der Waals surface area contributed by atoms with Crippen LogP contribution in [0.4, 0.5) is 4.39 Å². The summed E-state index contributed by atoms with van der Waals surface area (Å²) in [4.78, 5) is 24.0. The fourth-order valence-corrected chi connectivity index (χ4v) is 1.81. The van der Waals surface area contributed by atoms with Crippen LogP contribution in [-0.4, -0.2) is 16.2 Å². The van der Waals surface area contributed by atoms with Crippen molar-refractivity contribution in [1.82, 2.24) is 9.13 Å². The Morgan fingerprint density at radius 2 is 2.00 bits per heavy atom. The first-order valence-corrected chi connectivity index (χ1v) is 6.14. The van der Waals surface area contributed by atoms with Crippen molar-refractivity contribution in [2.45, 2.75) is 13.5 Å². The van der Waals surface area contributed by atoms with Crippen molar-refractivity contribution in [3.63, 3.8) is 0 Å². The zero-order valence-corrected chi connectivity index (χ0v) is 11.6. The van der Waals surface area contributed by atoms with Crippen LogP contribution < -0.4 is 15.9 Å². The molecule has 0 aliphatic heterocycles. The van der Waals surface area contributed by atoms with Crippen LogP contribution in [0.25, 0.3) is 5.69 Å². The predicted octanol–water partition coefficient (Wildman–Crippen LogP) is 1.17. The van der Waals surface area contributed by atoms with E-state index in [1.165, 1.54) is 36.2 Å². The topological polar surface area (TPSA) is 53.2 Å². The Labute approximate surface area is 120 Å². The summed E-state index contributed by atoms with van der Waals surface area (Å²) in [7, 11) is 1.35. The molecule has 0 N–H and O–H groups in total. The molecule has 2 rings (SSSR count). The molecular formula is C15H13FN2O3. The maximum Gasteiger partial charge on any atom is 0.321 e. The highest BCUT2D eigenvalue weighted by Crippen LogP contribution is 2.18. The zero-order valence-electron chi connectivity index (χ0n) is 11.6. The lowest BCUT2D eigenvalue weighted by molar-refractivity contribution is 0.386. The van der Waals surface area contributed by atoms with Gasteiger partial charge >= 0.3 is 11.1 Å². The number of rotatable bonds is 3. The van der Waals surface area contributed by atoms with Crippen molar-refractivity contribution in [3.8, 4) is 23.3 Å². The summed E-state index contributed by atoms with van der Waals surface area (Å²) in [5.74, 6) is 4.81. The van der Waals surface area contributed by atoms with Gasteiger partial charge in [-0.25, -0.2) is 4.39 Å². The van der Waals surface area contributed by atoms with E-state index < -0.39 is 16.9 Å². The van der Waals surface area contributed by atoms with E-state index in [9.17, 15) is 14.0 Å². The van der Waals surface area contributed by atoms with Gasteiger partial charge in [0.25, 0.3) is 0 Å². The van der Waals surface area contributed by atoms with Crippen LogP contribution >= 0.6 is 0 Å². The second-order valence-electron chi connectivity index (χ2n) is 4.15. The molecule has 0 saturated heterocycles. The van der Waals surface area contributed by atoms with Gasteiger partial charge in [0.1, 0.15) is 0 Å². The Balaban J connectivity index is 2.52. The van der Waals surface area contributed by atoms with E-state index in [0.29, 0.717) is 0 Å². The van der Waals surface area contributed by atoms with Gasteiger partial charge in [0.2, 0.25) is 0 Å². The Morgan fingerprint density at radius 1 is 1.24 bits per heavy atom. The molecule has 0 saturated carbocycles. The molecule has 0 fully saturated rings. The SMILES string of the molecule is CC#CCn1ccn(-c2ccc(OC)c(F)c2)c(=O)c1=O. The van der Waals surface area contributed by atoms with Gasteiger partial charge in [0.15, 0.2) is 11.6 Å². The van der Waals surface area contributed by atoms with Crippen molar-refractivity contribution >= 4 is 0 Å². The van der Waals surface area contributed by atoms with Gasteiger partial charge in [-0.2, -0.15) is 0 Å². The van der Waals surface area contributed by atoms with Crippen molar-refractivity contribution in [2.24, 2.45) is 0 Å². The largest absolute Gasteiger partial charge is 0.494 e. The highest BCUT2D eigenvalue weighted by Gasteiger charge is 2.09. The van der Waals surface area contributed by atoms with E-state index in [1.54, 1.807) is 6.92 Å². The number of benzene rings is 1. The van der Waals surface area contributed by atoms with Crippen molar-refractivity contribution in [1.29, 1.82) is 0 Å². The van der Waals surface area contributed by atoms with Gasteiger partial charge in [-0.15, -0.1) is 5.92 Å². The Kier molecular flexibility index (Phi) is 4.24. The number of hydrogen-bond donors (Lipinski definition) is 0. The van der Waals surface area contributed by atoms with Gasteiger partial charge in [0, 0.05) is 18.5 Å². The van der Waals surface area contributed by atoms with Crippen LogP contribution in [0.2, 0.25) is 0 Å². The van der Waals surface area contributed by atoms with Gasteiger partial charge in [-0.1, -0.05) is 5.92 Å². The number of aromatic nitrogens is 2. The summed E-state index contributed by atoms with van der Waals surface area (Å²) >= 11 is 0. The number of hydrogen-bond acceptors (Lipinski definition) is 3. The summed E-state index contributed by atoms with van der Waals surface area (Å²) < 4.78 is 20.8. The van der Waals surface area contributed by atoms with Crippen molar-refractivity contribution < 1.29 is 9.13 Å². The predicted molar refractivity (Wildman–Crippen MR) is 76.3 cm³/mol. The molecule has 0 spiro atoms. The van der Waals surface area contributed by atoms with Crippen molar-refractivity contribution in [3.05, 3.63) is 57.1 Å². The van der Waals surface area contributed by atoms with E-state index in [0.717, 1.165) is 10.6 Å². The molecule has 108 valence electrons. The summed E-state index contributed by atoms with van der Waals surface area (Å²) in [6.07, 6.45) is 2.85. The van der Waals surface area contributed by atoms with E-state index in [4.69, 9.17) is 4.74 Å². The van der Waals surface area contributed by atoms with Gasteiger partial charge in [-0.3, -0.25) is 18.7 Å². The molecule has 0 bridgehead atoms. The third-order valence-corrected chi connectivity index (χ3v) is 2.90. The lowest BCUT2D eigenvalue weighted by Crippen LogP contribution is -2.39. The minimum absolute atomic E-state index is 0.0679. The molecule has 2 aromatic rings. The van der Waals surface area contributed by atoms with Crippen LogP contribution in [0, 0.1) is 17.7 Å². The zero-order chi connectivity index (χ0) is 15.4. The first-order valence-electron chi connectivity index (χ1n) is 6.14. The van der Waals surface area contributed by atoms with E-state index in [-0.39, 0.29) is 18.0 Å². The van der Waals surface area contributed by atoms with E-state index in [2.05, 4.69) is 11.8 Å². The maximum absolute atomic E-state index is 13.7. The highest BCUT2D eigenvalue weighted by molar-refractivity contribution is 5.38. The fraction of sp³-hybridized carbons (Fsp3) is 0.200. The molecule has 0 aliphatic carbocycles. The first-order chi connectivity index (χ1) is 10.1. The molecule has 1 heterocycles. The van der Waals surface area contributed by atoms with Gasteiger partial charge < -0.3 is 4.74 Å². The quantitative estimate of drug-likeness (QED) is 0.629. The summed E-state index contributed by atoms with van der Waals surface area (Å²) in [5.41, 5.74) is -1.22. The first kappa shape index (κ1) is 14.6. The number of nitrogens with zero attached hydrogens (tertiary/aromatic N) is 2. The number of methoxy groups -OCH3 is 1. The van der Waals surface area contributed by atoms with Crippen LogP contribution in [0.15, 0.2) is 40.2 Å². The lowest BCUT2D eigenvalue weighted by atomic mass is 10.3. The monoisotopic (exact) mass is 288 g/mol. The van der Waals surface area contributed by atoms with Gasteiger partial charge in [0.05, 0.1) is 19.3 Å². The Bertz CT molecular complexity index is 840. The third kappa shape index (κ3) is 2.87. The Morgan fingerprint density at radius 3 is 2.62 bits per heavy atom. The summed E-state index contributed by atoms with van der Waals surface area (Å²) in [5, 5.41) is 0. The van der Waals surface area contributed by atoms with Crippen LogP contribution in [0.3, 0.4) is 0 Å². The Hall–Kier alpha value is -2.81. The average molecular weight is 288 g/mol. The molecule has 1 aromatic carbocycles. The standard InChI is InChI=1S/C15H13FN2O3/c1-3-4-7-17-8-9-18(15(20)14(17)19)11-5-6-13(21-2)12(16)10-11/h5-6,8-10H,7H2,1-2H3. The van der Waals surface area contributed by atoms with Crippen LogP contribution in [-0.2, 0) is 6.54 Å². The molecule has 6 heteroatoms. The number of halogens is 1. The molecule has 0 unspecified atom stereocenters. The average Bonchev–Trinajstić information content (AvgIpc) is 2.49. The van der Waals surface area contributed by atoms with Gasteiger partial charge in [-0.05, 0) is 19.1 Å². The van der Waals surface area contributed by atoms with Crippen LogP contribution in [0.1, 0.15) is 6.92 Å². The smallest absolute Gasteiger partial charge is 0.321 e. The molecule has 0 aliphatic rings. The highest BCUT2D eigenvalue weighted by atomic mass is 19.1. The minimum atomic E-state index is -0.764. The minimum Gasteiger partial charge on any atom is -0.494 e. The fourth-order valence-electron chi connectivity index (χ4n) is 1.81. The summed E-state index contributed by atoms with van der Waals surface area (Å²) in [6.45, 7) is 1.79. The van der Waals surface area contributed by atoms with E-state index >= 15 is 0 Å². The number of ether oxygens (including phenoxy) is 1. The molecule has 0 radical (unpaired) electrons. The maximum atomic E-state index is 13.7. The molecular weight excluding hydrogens is 275 g/mol.